The largest absolute Gasteiger partial charge is 0.481 e. The SMILES string of the molecule is CCC(CNC(=O)NCc1ncc[nH]1)CC(=O)O. The minimum absolute atomic E-state index is 0.0446. The van der Waals surface area contributed by atoms with Gasteiger partial charge in [-0.2, -0.15) is 0 Å². The molecule has 0 aromatic carbocycles. The van der Waals surface area contributed by atoms with E-state index >= 15 is 0 Å². The van der Waals surface area contributed by atoms with Gasteiger partial charge in [0.1, 0.15) is 5.82 Å². The summed E-state index contributed by atoms with van der Waals surface area (Å²) in [6.45, 7) is 2.57. The molecule has 1 aromatic heterocycles. The number of aliphatic carboxylic acids is 1. The maximum absolute atomic E-state index is 11.4. The van der Waals surface area contributed by atoms with E-state index in [0.717, 1.165) is 0 Å². The number of rotatable bonds is 7. The molecule has 0 saturated carbocycles. The Labute approximate surface area is 105 Å². The molecule has 18 heavy (non-hydrogen) atoms. The fourth-order valence-corrected chi connectivity index (χ4v) is 1.47. The molecule has 0 fully saturated rings. The van der Waals surface area contributed by atoms with Gasteiger partial charge in [0.15, 0.2) is 0 Å². The number of nitrogens with one attached hydrogen (secondary N) is 3. The number of aromatic nitrogens is 2. The second-order valence-electron chi connectivity index (χ2n) is 3.97. The third-order valence-corrected chi connectivity index (χ3v) is 2.56. The average Bonchev–Trinajstić information content (AvgIpc) is 2.84. The Morgan fingerprint density at radius 1 is 1.50 bits per heavy atom. The van der Waals surface area contributed by atoms with Crippen LogP contribution in [0.1, 0.15) is 25.6 Å². The molecule has 0 aliphatic heterocycles. The quantitative estimate of drug-likeness (QED) is 0.574. The van der Waals surface area contributed by atoms with Crippen LogP contribution in [0.4, 0.5) is 4.79 Å². The molecule has 7 heteroatoms. The van der Waals surface area contributed by atoms with Gasteiger partial charge < -0.3 is 20.7 Å². The fraction of sp³-hybridized carbons (Fsp3) is 0.545. The highest BCUT2D eigenvalue weighted by atomic mass is 16.4. The molecule has 0 saturated heterocycles. The summed E-state index contributed by atoms with van der Waals surface area (Å²) in [7, 11) is 0. The van der Waals surface area contributed by atoms with Crippen molar-refractivity contribution < 1.29 is 14.7 Å². The molecule has 100 valence electrons. The number of carbonyl (C=O) groups is 2. The molecule has 4 N–H and O–H groups in total. The van der Waals surface area contributed by atoms with Gasteiger partial charge in [-0.15, -0.1) is 0 Å². The molecule has 7 nitrogen and oxygen atoms in total. The smallest absolute Gasteiger partial charge is 0.315 e. The van der Waals surface area contributed by atoms with Crippen LogP contribution < -0.4 is 10.6 Å². The average molecular weight is 254 g/mol. The minimum Gasteiger partial charge on any atom is -0.481 e. The summed E-state index contributed by atoms with van der Waals surface area (Å²) in [4.78, 5) is 28.8. The Morgan fingerprint density at radius 2 is 2.28 bits per heavy atom. The number of carboxylic acid groups (broad SMARTS) is 1. The molecule has 0 bridgehead atoms. The van der Waals surface area contributed by atoms with Crippen LogP contribution in [-0.2, 0) is 11.3 Å². The maximum Gasteiger partial charge on any atom is 0.315 e. The number of amides is 2. The molecule has 0 spiro atoms. The molecule has 0 radical (unpaired) electrons. The predicted molar refractivity (Wildman–Crippen MR) is 64.9 cm³/mol. The Hall–Kier alpha value is -2.05. The van der Waals surface area contributed by atoms with Crippen LogP contribution in [-0.4, -0.2) is 33.6 Å². The van der Waals surface area contributed by atoms with Crippen LogP contribution in [0.15, 0.2) is 12.4 Å². The van der Waals surface area contributed by atoms with Crippen LogP contribution in [0.5, 0.6) is 0 Å². The molecule has 1 aromatic rings. The van der Waals surface area contributed by atoms with Gasteiger partial charge in [0.25, 0.3) is 0 Å². The fourth-order valence-electron chi connectivity index (χ4n) is 1.47. The van der Waals surface area contributed by atoms with E-state index in [0.29, 0.717) is 25.3 Å². The molecule has 0 aliphatic carbocycles. The first-order chi connectivity index (χ1) is 8.61. The molecule has 0 aliphatic rings. The summed E-state index contributed by atoms with van der Waals surface area (Å²) in [5.41, 5.74) is 0. The first-order valence-electron chi connectivity index (χ1n) is 5.83. The summed E-state index contributed by atoms with van der Waals surface area (Å²) in [6.07, 6.45) is 4.06. The number of urea groups is 1. The van der Waals surface area contributed by atoms with Crippen molar-refractivity contribution >= 4 is 12.0 Å². The standard InChI is InChI=1S/C11H18N4O3/c1-2-8(5-10(16)17)6-14-11(18)15-7-9-12-3-4-13-9/h3-4,8H,2,5-7H2,1H3,(H,12,13)(H,16,17)(H2,14,15,18). The van der Waals surface area contributed by atoms with Gasteiger partial charge in [0, 0.05) is 25.4 Å². The monoisotopic (exact) mass is 254 g/mol. The molecule has 1 heterocycles. The van der Waals surface area contributed by atoms with Crippen molar-refractivity contribution in [2.45, 2.75) is 26.3 Å². The van der Waals surface area contributed by atoms with Gasteiger partial charge in [-0.3, -0.25) is 4.79 Å². The van der Waals surface area contributed by atoms with Gasteiger partial charge in [-0.1, -0.05) is 13.3 Å². The normalized spacial score (nSPS) is 11.8. The number of hydrogen-bond donors (Lipinski definition) is 4. The second-order valence-corrected chi connectivity index (χ2v) is 3.97. The maximum atomic E-state index is 11.4. The predicted octanol–water partition coefficient (Wildman–Crippen LogP) is 0.710. The molecular formula is C11H18N4O3. The second kappa shape index (κ2) is 7.31. The summed E-state index contributed by atoms with van der Waals surface area (Å²) in [5, 5.41) is 13.9. The van der Waals surface area contributed by atoms with E-state index in [9.17, 15) is 9.59 Å². The van der Waals surface area contributed by atoms with E-state index in [1.807, 2.05) is 6.92 Å². The zero-order valence-electron chi connectivity index (χ0n) is 10.3. The highest BCUT2D eigenvalue weighted by molar-refractivity contribution is 5.73. The van der Waals surface area contributed by atoms with E-state index in [1.54, 1.807) is 12.4 Å². The Kier molecular flexibility index (Phi) is 5.69. The van der Waals surface area contributed by atoms with Crippen LogP contribution in [0.25, 0.3) is 0 Å². The lowest BCUT2D eigenvalue weighted by molar-refractivity contribution is -0.138. The Bertz CT molecular complexity index is 378. The van der Waals surface area contributed by atoms with Gasteiger partial charge in [-0.25, -0.2) is 9.78 Å². The van der Waals surface area contributed by atoms with Crippen molar-refractivity contribution in [1.82, 2.24) is 20.6 Å². The van der Waals surface area contributed by atoms with Crippen LogP contribution in [0.3, 0.4) is 0 Å². The van der Waals surface area contributed by atoms with Crippen molar-refractivity contribution in [3.63, 3.8) is 0 Å². The van der Waals surface area contributed by atoms with Crippen molar-refractivity contribution in [2.75, 3.05) is 6.54 Å². The summed E-state index contributed by atoms with van der Waals surface area (Å²) in [5.74, 6) is -0.223. The van der Waals surface area contributed by atoms with E-state index in [-0.39, 0.29) is 18.4 Å². The van der Waals surface area contributed by atoms with Gasteiger partial charge >= 0.3 is 12.0 Å². The first kappa shape index (κ1) is 14.0. The van der Waals surface area contributed by atoms with Crippen molar-refractivity contribution in [3.8, 4) is 0 Å². The van der Waals surface area contributed by atoms with Crippen LogP contribution in [0.2, 0.25) is 0 Å². The lowest BCUT2D eigenvalue weighted by Crippen LogP contribution is -2.38. The lowest BCUT2D eigenvalue weighted by atomic mass is 10.0. The lowest BCUT2D eigenvalue weighted by Gasteiger charge is -2.13. The highest BCUT2D eigenvalue weighted by Crippen LogP contribution is 2.06. The first-order valence-corrected chi connectivity index (χ1v) is 5.83. The third-order valence-electron chi connectivity index (χ3n) is 2.56. The van der Waals surface area contributed by atoms with Crippen LogP contribution >= 0.6 is 0 Å². The summed E-state index contributed by atoms with van der Waals surface area (Å²) in [6, 6.07) is -0.324. The van der Waals surface area contributed by atoms with Gasteiger partial charge in [-0.05, 0) is 5.92 Å². The number of carboxylic acids is 1. The van der Waals surface area contributed by atoms with E-state index < -0.39 is 5.97 Å². The number of aromatic amines is 1. The molecule has 1 unspecified atom stereocenters. The van der Waals surface area contributed by atoms with Gasteiger partial charge in [0.05, 0.1) is 6.54 Å². The number of nitrogens with zero attached hydrogens (tertiary/aromatic N) is 1. The minimum atomic E-state index is -0.848. The van der Waals surface area contributed by atoms with Crippen molar-refractivity contribution in [3.05, 3.63) is 18.2 Å². The number of carbonyl (C=O) groups excluding carboxylic acids is 1. The molecule has 1 rings (SSSR count). The van der Waals surface area contributed by atoms with E-state index in [1.165, 1.54) is 0 Å². The molecular weight excluding hydrogens is 236 g/mol. The van der Waals surface area contributed by atoms with Crippen LogP contribution in [0, 0.1) is 5.92 Å². The zero-order chi connectivity index (χ0) is 13.4. The summed E-state index contributed by atoms with van der Waals surface area (Å²) < 4.78 is 0. The van der Waals surface area contributed by atoms with E-state index in [2.05, 4.69) is 20.6 Å². The number of imidazole rings is 1. The Balaban J connectivity index is 2.21. The number of hydrogen-bond acceptors (Lipinski definition) is 3. The van der Waals surface area contributed by atoms with E-state index in [4.69, 9.17) is 5.11 Å². The molecule has 1 atom stereocenters. The topological polar surface area (TPSA) is 107 Å². The Morgan fingerprint density at radius 3 is 2.83 bits per heavy atom. The molecule has 2 amide bonds. The zero-order valence-corrected chi connectivity index (χ0v) is 10.3. The van der Waals surface area contributed by atoms with Gasteiger partial charge in [0.2, 0.25) is 0 Å². The summed E-state index contributed by atoms with van der Waals surface area (Å²) >= 11 is 0. The number of H-pyrrole nitrogens is 1. The highest BCUT2D eigenvalue weighted by Gasteiger charge is 2.12. The van der Waals surface area contributed by atoms with Crippen molar-refractivity contribution in [1.29, 1.82) is 0 Å². The van der Waals surface area contributed by atoms with Crippen molar-refractivity contribution in [2.24, 2.45) is 5.92 Å². The third kappa shape index (κ3) is 5.33.